The van der Waals surface area contributed by atoms with E-state index in [4.69, 9.17) is 0 Å². The first kappa shape index (κ1) is 9.86. The Morgan fingerprint density at radius 1 is 0.706 bits per heavy atom. The standard InChI is InChI=1S/C13H11N4/c1-3-7-12(8-4-1)17(11-14-15-16-17)13-9-5-2-6-10-13/h1-11H/q+1. The van der Waals surface area contributed by atoms with Gasteiger partial charge in [0.05, 0.1) is 5.22 Å². The Balaban J connectivity index is 2.19. The Hall–Kier alpha value is -2.33. The summed E-state index contributed by atoms with van der Waals surface area (Å²) < 4.78 is 0.196. The summed E-state index contributed by atoms with van der Waals surface area (Å²) in [5.41, 5.74) is 2.03. The number of rotatable bonds is 2. The maximum Gasteiger partial charge on any atom is 0.250 e. The molecule has 3 rings (SSSR count). The van der Waals surface area contributed by atoms with Crippen molar-refractivity contribution in [3.05, 3.63) is 60.7 Å². The van der Waals surface area contributed by atoms with Gasteiger partial charge in [0.1, 0.15) is 0 Å². The molecule has 0 atom stereocenters. The molecule has 17 heavy (non-hydrogen) atoms. The number of hydrogen-bond acceptors (Lipinski definition) is 3. The van der Waals surface area contributed by atoms with E-state index in [1.807, 2.05) is 60.7 Å². The van der Waals surface area contributed by atoms with Gasteiger partial charge >= 0.3 is 0 Å². The average molecular weight is 223 g/mol. The Labute approximate surface area is 99.1 Å². The number of hydrogen-bond donors (Lipinski definition) is 0. The maximum atomic E-state index is 4.25. The first-order valence-corrected chi connectivity index (χ1v) is 5.38. The van der Waals surface area contributed by atoms with E-state index >= 15 is 0 Å². The highest BCUT2D eigenvalue weighted by Crippen LogP contribution is 2.35. The summed E-state index contributed by atoms with van der Waals surface area (Å²) in [6.45, 7) is 0. The molecule has 0 aromatic heterocycles. The van der Waals surface area contributed by atoms with E-state index in [1.54, 1.807) is 6.34 Å². The molecule has 0 bridgehead atoms. The van der Waals surface area contributed by atoms with Crippen LogP contribution >= 0.6 is 0 Å². The van der Waals surface area contributed by atoms with Gasteiger partial charge in [-0.15, -0.1) is 0 Å². The van der Waals surface area contributed by atoms with E-state index in [2.05, 4.69) is 15.5 Å². The van der Waals surface area contributed by atoms with E-state index < -0.39 is 0 Å². The van der Waals surface area contributed by atoms with Crippen molar-refractivity contribution in [2.75, 3.05) is 0 Å². The molecule has 0 unspecified atom stereocenters. The van der Waals surface area contributed by atoms with Crippen LogP contribution in [0.2, 0.25) is 0 Å². The molecule has 2 aromatic carbocycles. The normalized spacial score (nSPS) is 16.2. The molecule has 1 aliphatic rings. The van der Waals surface area contributed by atoms with Crippen molar-refractivity contribution < 1.29 is 0 Å². The van der Waals surface area contributed by atoms with Crippen LogP contribution in [0.5, 0.6) is 0 Å². The monoisotopic (exact) mass is 223 g/mol. The van der Waals surface area contributed by atoms with Gasteiger partial charge in [0.15, 0.2) is 11.4 Å². The smallest absolute Gasteiger partial charge is 0.0738 e. The highest BCUT2D eigenvalue weighted by molar-refractivity contribution is 5.82. The van der Waals surface area contributed by atoms with Crippen LogP contribution in [0, 0.1) is 0 Å². The van der Waals surface area contributed by atoms with Gasteiger partial charge in [0, 0.05) is 29.5 Å². The Morgan fingerprint density at radius 3 is 1.65 bits per heavy atom. The molecule has 0 amide bonds. The minimum Gasteiger partial charge on any atom is -0.0738 e. The number of quaternary nitrogens is 1. The average Bonchev–Trinajstić information content (AvgIpc) is 2.91. The van der Waals surface area contributed by atoms with Gasteiger partial charge in [-0.2, -0.15) is 0 Å². The lowest BCUT2D eigenvalue weighted by Gasteiger charge is -2.20. The zero-order chi connectivity index (χ0) is 11.6. The van der Waals surface area contributed by atoms with Crippen LogP contribution in [0.1, 0.15) is 0 Å². The molecule has 1 aliphatic heterocycles. The summed E-state index contributed by atoms with van der Waals surface area (Å²) in [5.74, 6) is 0. The highest BCUT2D eigenvalue weighted by Gasteiger charge is 2.36. The fourth-order valence-electron chi connectivity index (χ4n) is 1.90. The molecule has 1 heterocycles. The van der Waals surface area contributed by atoms with Gasteiger partial charge in [-0.05, 0) is 0 Å². The molecule has 4 nitrogen and oxygen atoms in total. The van der Waals surface area contributed by atoms with Crippen molar-refractivity contribution in [1.82, 2.24) is 4.59 Å². The second kappa shape index (κ2) is 3.92. The van der Waals surface area contributed by atoms with Gasteiger partial charge in [0.25, 0.3) is 0 Å². The first-order valence-electron chi connectivity index (χ1n) is 5.38. The van der Waals surface area contributed by atoms with Crippen LogP contribution in [0.4, 0.5) is 11.4 Å². The Bertz CT molecular complexity index is 507. The summed E-state index contributed by atoms with van der Waals surface area (Å²) in [5, 5.41) is 11.9. The second-order valence-electron chi connectivity index (χ2n) is 3.77. The second-order valence-corrected chi connectivity index (χ2v) is 3.77. The zero-order valence-electron chi connectivity index (χ0n) is 9.14. The number of nitrogens with zero attached hydrogens (tertiary/aromatic N) is 4. The van der Waals surface area contributed by atoms with Crippen molar-refractivity contribution in [2.45, 2.75) is 0 Å². The minimum absolute atomic E-state index is 0.196. The molecule has 0 saturated heterocycles. The first-order chi connectivity index (χ1) is 8.42. The number of benzene rings is 2. The molecule has 0 aliphatic carbocycles. The van der Waals surface area contributed by atoms with E-state index in [9.17, 15) is 0 Å². The molecule has 0 N–H and O–H groups in total. The van der Waals surface area contributed by atoms with Crippen LogP contribution in [0.15, 0.2) is 76.2 Å². The minimum atomic E-state index is 0.196. The van der Waals surface area contributed by atoms with Crippen LogP contribution in [0.3, 0.4) is 0 Å². The predicted molar refractivity (Wildman–Crippen MR) is 67.7 cm³/mol. The van der Waals surface area contributed by atoms with Crippen molar-refractivity contribution in [2.24, 2.45) is 15.5 Å². The summed E-state index contributed by atoms with van der Waals surface area (Å²) >= 11 is 0. The molecule has 82 valence electrons. The lowest BCUT2D eigenvalue weighted by molar-refractivity contribution is 0.586. The van der Waals surface area contributed by atoms with Crippen molar-refractivity contribution in [3.8, 4) is 0 Å². The lowest BCUT2D eigenvalue weighted by atomic mass is 10.2. The van der Waals surface area contributed by atoms with Crippen molar-refractivity contribution in [3.63, 3.8) is 0 Å². The predicted octanol–water partition coefficient (Wildman–Crippen LogP) is 3.65. The van der Waals surface area contributed by atoms with Gasteiger partial charge in [0.2, 0.25) is 6.34 Å². The quantitative estimate of drug-likeness (QED) is 0.697. The van der Waals surface area contributed by atoms with Crippen LogP contribution in [0.25, 0.3) is 0 Å². The van der Waals surface area contributed by atoms with E-state index in [-0.39, 0.29) is 4.59 Å². The van der Waals surface area contributed by atoms with Crippen LogP contribution in [-0.2, 0) is 0 Å². The fourth-order valence-corrected chi connectivity index (χ4v) is 1.90. The molecule has 0 spiro atoms. The molecule has 2 aromatic rings. The largest absolute Gasteiger partial charge is 0.250 e. The molecule has 0 saturated carbocycles. The summed E-state index contributed by atoms with van der Waals surface area (Å²) in [4.78, 5) is 0. The van der Waals surface area contributed by atoms with E-state index in [1.165, 1.54) is 0 Å². The number of para-hydroxylation sites is 2. The van der Waals surface area contributed by atoms with Gasteiger partial charge in [-0.1, -0.05) is 46.1 Å². The lowest BCUT2D eigenvalue weighted by Crippen LogP contribution is -2.34. The Kier molecular flexibility index (Phi) is 2.27. The third-order valence-corrected chi connectivity index (χ3v) is 2.75. The van der Waals surface area contributed by atoms with Gasteiger partial charge < -0.3 is 0 Å². The molecular weight excluding hydrogens is 212 g/mol. The van der Waals surface area contributed by atoms with Crippen molar-refractivity contribution in [1.29, 1.82) is 0 Å². The van der Waals surface area contributed by atoms with Crippen LogP contribution < -0.4 is 4.59 Å². The van der Waals surface area contributed by atoms with Gasteiger partial charge in [-0.25, -0.2) is 0 Å². The molecule has 4 heteroatoms. The highest BCUT2D eigenvalue weighted by atomic mass is 15.8. The SMILES string of the molecule is C1=NN=N[N+]1(c1ccccc1)c1ccccc1. The molecule has 0 radical (unpaired) electrons. The van der Waals surface area contributed by atoms with E-state index in [0.29, 0.717) is 0 Å². The summed E-state index contributed by atoms with van der Waals surface area (Å²) in [7, 11) is 0. The Morgan fingerprint density at radius 2 is 1.24 bits per heavy atom. The third kappa shape index (κ3) is 1.55. The van der Waals surface area contributed by atoms with Gasteiger partial charge in [-0.3, -0.25) is 0 Å². The van der Waals surface area contributed by atoms with E-state index in [0.717, 1.165) is 11.4 Å². The molecular formula is C13H11N4+. The topological polar surface area (TPSA) is 37.1 Å². The maximum absolute atomic E-state index is 4.25. The fraction of sp³-hybridized carbons (Fsp3) is 0. The summed E-state index contributed by atoms with van der Waals surface area (Å²) in [6, 6.07) is 20.0. The summed E-state index contributed by atoms with van der Waals surface area (Å²) in [6.07, 6.45) is 1.73. The van der Waals surface area contributed by atoms with Crippen molar-refractivity contribution >= 4 is 17.7 Å². The van der Waals surface area contributed by atoms with Crippen LogP contribution in [-0.4, -0.2) is 6.34 Å². The zero-order valence-corrected chi connectivity index (χ0v) is 9.14. The third-order valence-electron chi connectivity index (χ3n) is 2.75. The molecule has 0 fully saturated rings.